The Morgan fingerprint density at radius 1 is 1.10 bits per heavy atom. The lowest BCUT2D eigenvalue weighted by atomic mass is 10.8. The summed E-state index contributed by atoms with van der Waals surface area (Å²) < 4.78 is 0. The Bertz CT molecular complexity index is 165. The zero-order valence-electron chi connectivity index (χ0n) is 5.08. The summed E-state index contributed by atoms with van der Waals surface area (Å²) >= 11 is 23.8. The van der Waals surface area contributed by atoms with Crippen molar-refractivity contribution in [3.05, 3.63) is 11.8 Å². The molecule has 0 aromatic carbocycles. The maximum atomic E-state index is 5.98. The minimum absolute atomic E-state index is 0.655. The summed E-state index contributed by atoms with van der Waals surface area (Å²) in [5.74, 6) is 0. The van der Waals surface area contributed by atoms with Crippen LogP contribution in [0.3, 0.4) is 0 Å². The van der Waals surface area contributed by atoms with E-state index in [4.69, 9.17) is 44.3 Å². The van der Waals surface area contributed by atoms with Crippen LogP contribution in [0.5, 0.6) is 0 Å². The Kier molecular flexibility index (Phi) is 2.82. The van der Waals surface area contributed by atoms with Crippen LogP contribution in [0.4, 0.5) is 0 Å². The van der Waals surface area contributed by atoms with Gasteiger partial charge in [0, 0.05) is 0 Å². The molecule has 10 heavy (non-hydrogen) atoms. The van der Waals surface area contributed by atoms with E-state index in [2.05, 4.69) is 0 Å². The first-order valence-electron chi connectivity index (χ1n) is 2.85. The van der Waals surface area contributed by atoms with Crippen molar-refractivity contribution in [3.8, 4) is 0 Å². The van der Waals surface area contributed by atoms with Crippen LogP contribution in [0.25, 0.3) is 0 Å². The third-order valence-corrected chi connectivity index (χ3v) is 13.3. The molecule has 0 saturated heterocycles. The van der Waals surface area contributed by atoms with E-state index in [1.165, 1.54) is 0 Å². The van der Waals surface area contributed by atoms with Gasteiger partial charge in [-0.1, -0.05) is 11.8 Å². The molecule has 58 valence electrons. The Balaban J connectivity index is 2.73. The number of hydrogen-bond donors (Lipinski definition) is 0. The third-order valence-electron chi connectivity index (χ3n) is 1.27. The molecule has 0 aliphatic carbocycles. The Hall–Kier alpha value is 1.33. The van der Waals surface area contributed by atoms with Gasteiger partial charge in [0.2, 0.25) is 0 Å². The van der Waals surface area contributed by atoms with E-state index in [-0.39, 0.29) is 0 Å². The first-order chi connectivity index (χ1) is 4.41. The van der Waals surface area contributed by atoms with E-state index in [1.54, 1.807) is 0 Å². The molecule has 0 saturated carbocycles. The van der Waals surface area contributed by atoms with Gasteiger partial charge in [0.25, 0.3) is 13.4 Å². The lowest BCUT2D eigenvalue weighted by Gasteiger charge is -2.24. The molecule has 0 radical (unpaired) electrons. The van der Waals surface area contributed by atoms with E-state index in [1.807, 2.05) is 11.8 Å². The number of halogens is 4. The van der Waals surface area contributed by atoms with Gasteiger partial charge in [-0.2, -0.15) is 0 Å². The molecule has 1 rings (SSSR count). The number of rotatable bonds is 0. The highest BCUT2D eigenvalue weighted by molar-refractivity contribution is 7.58. The molecule has 0 unspecified atom stereocenters. The summed E-state index contributed by atoms with van der Waals surface area (Å²) in [6, 6.07) is 0.782. The molecule has 0 aromatic rings. The maximum Gasteiger partial charge on any atom is 0.273 e. The molecule has 0 N–H and O–H groups in total. The second-order valence-electron chi connectivity index (χ2n) is 2.40. The van der Waals surface area contributed by atoms with Crippen LogP contribution in [0.1, 0.15) is 0 Å². The molecule has 0 nitrogen and oxygen atoms in total. The molecule has 1 heterocycles. The lowest BCUT2D eigenvalue weighted by Crippen LogP contribution is -2.34. The highest BCUT2D eigenvalue weighted by Gasteiger charge is 2.42. The quantitative estimate of drug-likeness (QED) is 0.457. The fourth-order valence-corrected chi connectivity index (χ4v) is 17.3. The molecule has 1 aliphatic rings. The number of allylic oxidation sites excluding steroid dienone is 1. The van der Waals surface area contributed by atoms with Gasteiger partial charge < -0.3 is 0 Å². The minimum atomic E-state index is -2.16. The third kappa shape index (κ3) is 2.76. The van der Waals surface area contributed by atoms with Crippen molar-refractivity contribution in [1.29, 1.82) is 0 Å². The normalized spacial score (nSPS) is 28.4. The molecule has 0 amide bonds. The van der Waals surface area contributed by atoms with Crippen molar-refractivity contribution < 1.29 is 0 Å². The second kappa shape index (κ2) is 3.00. The second-order valence-corrected chi connectivity index (χ2v) is 17.3. The van der Waals surface area contributed by atoms with Gasteiger partial charge >= 0.3 is 0 Å². The molecule has 0 fully saturated rings. The molecule has 0 aromatic heterocycles. The molecular weight excluding hydrogens is 246 g/mol. The molecule has 0 atom stereocenters. The van der Waals surface area contributed by atoms with Crippen LogP contribution in [-0.4, -0.2) is 13.4 Å². The first-order valence-corrected chi connectivity index (χ1v) is 11.6. The van der Waals surface area contributed by atoms with Gasteiger partial charge in [0.05, 0.1) is 0 Å². The van der Waals surface area contributed by atoms with Crippen molar-refractivity contribution >= 4 is 57.7 Å². The van der Waals surface area contributed by atoms with Crippen LogP contribution in [0.15, 0.2) is 11.8 Å². The fourth-order valence-electron chi connectivity index (χ4n) is 0.880. The maximum absolute atomic E-state index is 5.98. The summed E-state index contributed by atoms with van der Waals surface area (Å²) in [6.45, 7) is -4.23. The lowest BCUT2D eigenvalue weighted by molar-refractivity contribution is 1.58. The summed E-state index contributed by atoms with van der Waals surface area (Å²) in [7, 11) is 0. The predicted molar refractivity (Wildman–Crippen MR) is 53.7 cm³/mol. The van der Waals surface area contributed by atoms with E-state index < -0.39 is 13.4 Å². The van der Waals surface area contributed by atoms with Crippen molar-refractivity contribution in [2.24, 2.45) is 0 Å². The molecule has 6 heteroatoms. The first kappa shape index (κ1) is 9.42. The van der Waals surface area contributed by atoms with E-state index in [9.17, 15) is 0 Å². The van der Waals surface area contributed by atoms with Crippen LogP contribution < -0.4 is 0 Å². The van der Waals surface area contributed by atoms with E-state index >= 15 is 0 Å². The van der Waals surface area contributed by atoms with E-state index in [0.717, 1.165) is 6.04 Å². The molecular formula is C4H6Cl4Si2. The standard InChI is InChI=1S/C4H6Cl4Si2/c5-9(6)2-1-3-10(7,8)4-9/h1-2H,3-4H2. The largest absolute Gasteiger partial charge is 0.273 e. The average molecular weight is 252 g/mol. The zero-order chi connectivity index (χ0) is 7.83. The fraction of sp³-hybridized carbons (Fsp3) is 0.500. The Morgan fingerprint density at radius 3 is 2.00 bits per heavy atom. The monoisotopic (exact) mass is 250 g/mol. The summed E-state index contributed by atoms with van der Waals surface area (Å²) in [4.78, 5) is 0. The summed E-state index contributed by atoms with van der Waals surface area (Å²) in [5, 5.41) is 0. The van der Waals surface area contributed by atoms with Gasteiger partial charge in [0.15, 0.2) is 0 Å². The van der Waals surface area contributed by atoms with Crippen molar-refractivity contribution in [2.45, 2.75) is 11.7 Å². The Labute approximate surface area is 80.9 Å². The smallest absolute Gasteiger partial charge is 0.146 e. The minimum Gasteiger partial charge on any atom is -0.146 e. The summed E-state index contributed by atoms with van der Waals surface area (Å²) in [6.07, 6.45) is 1.92. The van der Waals surface area contributed by atoms with Crippen LogP contribution in [0, 0.1) is 0 Å². The van der Waals surface area contributed by atoms with Crippen LogP contribution >= 0.6 is 44.3 Å². The molecule has 0 bridgehead atoms. The van der Waals surface area contributed by atoms with E-state index in [0.29, 0.717) is 5.67 Å². The molecule has 0 spiro atoms. The topological polar surface area (TPSA) is 0 Å². The van der Waals surface area contributed by atoms with Gasteiger partial charge in [-0.05, 0) is 11.7 Å². The summed E-state index contributed by atoms with van der Waals surface area (Å²) in [5.41, 5.74) is 2.54. The van der Waals surface area contributed by atoms with Gasteiger partial charge in [-0.15, -0.1) is 44.3 Å². The van der Waals surface area contributed by atoms with Crippen molar-refractivity contribution in [3.63, 3.8) is 0 Å². The van der Waals surface area contributed by atoms with Gasteiger partial charge in [0.1, 0.15) is 0 Å². The average Bonchev–Trinajstić information content (AvgIpc) is 1.56. The van der Waals surface area contributed by atoms with Gasteiger partial charge in [-0.25, -0.2) is 0 Å². The van der Waals surface area contributed by atoms with Crippen molar-refractivity contribution in [2.75, 3.05) is 0 Å². The zero-order valence-corrected chi connectivity index (χ0v) is 10.1. The van der Waals surface area contributed by atoms with Crippen LogP contribution in [0.2, 0.25) is 11.7 Å². The van der Waals surface area contributed by atoms with Crippen molar-refractivity contribution in [1.82, 2.24) is 0 Å². The number of hydrogen-bond acceptors (Lipinski definition) is 0. The molecule has 1 aliphatic heterocycles. The predicted octanol–water partition coefficient (Wildman–Crippen LogP) is 3.47. The highest BCUT2D eigenvalue weighted by Crippen LogP contribution is 2.39. The highest BCUT2D eigenvalue weighted by atomic mass is 35.7. The van der Waals surface area contributed by atoms with Crippen LogP contribution in [-0.2, 0) is 0 Å². The Morgan fingerprint density at radius 2 is 1.70 bits per heavy atom. The SMILES string of the molecule is Cl[Si]1(Cl)C=CC[Si](Cl)(Cl)C1. The van der Waals surface area contributed by atoms with Gasteiger partial charge in [-0.3, -0.25) is 0 Å².